The van der Waals surface area contributed by atoms with Crippen molar-refractivity contribution in [3.8, 4) is 0 Å². The van der Waals surface area contributed by atoms with Crippen LogP contribution in [0.5, 0.6) is 0 Å². The summed E-state index contributed by atoms with van der Waals surface area (Å²) in [5, 5.41) is 8.08. The van der Waals surface area contributed by atoms with Crippen molar-refractivity contribution in [1.29, 1.82) is 0 Å². The molecule has 0 atom stereocenters. The van der Waals surface area contributed by atoms with Gasteiger partial charge in [0, 0.05) is 0 Å². The maximum Gasteiger partial charge on any atom is 0.119 e. The first-order valence-electron chi connectivity index (χ1n) is 3.51. The molecule has 0 radical (unpaired) electrons. The summed E-state index contributed by atoms with van der Waals surface area (Å²) in [4.78, 5) is 0. The van der Waals surface area contributed by atoms with Gasteiger partial charge in [0.2, 0.25) is 0 Å². The van der Waals surface area contributed by atoms with Crippen molar-refractivity contribution in [2.24, 2.45) is 0 Å². The predicted molar refractivity (Wildman–Crippen MR) is 39.8 cm³/mol. The molecule has 0 aromatic carbocycles. The second-order valence-corrected chi connectivity index (χ2v) is 1.88. The zero-order chi connectivity index (χ0) is 7.66. The molecule has 10 heavy (non-hydrogen) atoms. The van der Waals surface area contributed by atoms with E-state index in [0.29, 0.717) is 6.61 Å². The number of nitrogens with one attached hydrogen (secondary N) is 1. The molecule has 0 amide bonds. The lowest BCUT2D eigenvalue weighted by molar-refractivity contribution is 0.0251. The minimum Gasteiger partial charge on any atom is -0.364 e. The minimum atomic E-state index is 0.208. The molecule has 0 saturated heterocycles. The molecule has 0 rings (SSSR count). The number of hydroxylamine groups is 1. The fourth-order valence-electron chi connectivity index (χ4n) is 0.554. The molecule has 0 heterocycles. The predicted octanol–water partition coefficient (Wildman–Crippen LogP) is 1.30. The molecule has 0 aromatic rings. The SMILES string of the molecule is CC/C=C/CCOCNO. The van der Waals surface area contributed by atoms with Crippen LogP contribution in [0.4, 0.5) is 0 Å². The summed E-state index contributed by atoms with van der Waals surface area (Å²) in [6.07, 6.45) is 6.14. The lowest BCUT2D eigenvalue weighted by Crippen LogP contribution is -2.12. The first-order valence-corrected chi connectivity index (χ1v) is 3.51. The molecule has 0 aromatic heterocycles. The molecule has 0 aliphatic carbocycles. The van der Waals surface area contributed by atoms with Gasteiger partial charge in [-0.1, -0.05) is 19.1 Å². The zero-order valence-electron chi connectivity index (χ0n) is 6.34. The first-order chi connectivity index (χ1) is 4.91. The van der Waals surface area contributed by atoms with E-state index in [4.69, 9.17) is 9.94 Å². The van der Waals surface area contributed by atoms with Gasteiger partial charge in [0.1, 0.15) is 6.73 Å². The van der Waals surface area contributed by atoms with Gasteiger partial charge < -0.3 is 9.94 Å². The Labute approximate surface area is 61.7 Å². The highest BCUT2D eigenvalue weighted by Crippen LogP contribution is 1.86. The van der Waals surface area contributed by atoms with Gasteiger partial charge in [-0.2, -0.15) is 5.48 Å². The van der Waals surface area contributed by atoms with Gasteiger partial charge in [0.05, 0.1) is 6.61 Å². The molecule has 0 aliphatic heterocycles. The molecule has 60 valence electrons. The summed E-state index contributed by atoms with van der Waals surface area (Å²) in [7, 11) is 0. The van der Waals surface area contributed by atoms with Crippen molar-refractivity contribution in [2.75, 3.05) is 13.3 Å². The summed E-state index contributed by atoms with van der Waals surface area (Å²) in [6, 6.07) is 0. The molecule has 0 fully saturated rings. The minimum absolute atomic E-state index is 0.208. The van der Waals surface area contributed by atoms with Crippen molar-refractivity contribution in [1.82, 2.24) is 5.48 Å². The van der Waals surface area contributed by atoms with E-state index in [1.54, 1.807) is 0 Å². The number of hydrogen-bond acceptors (Lipinski definition) is 3. The largest absolute Gasteiger partial charge is 0.364 e. The lowest BCUT2D eigenvalue weighted by Gasteiger charge is -1.97. The summed E-state index contributed by atoms with van der Waals surface area (Å²) >= 11 is 0. The summed E-state index contributed by atoms with van der Waals surface area (Å²) in [5.41, 5.74) is 1.91. The van der Waals surface area contributed by atoms with E-state index < -0.39 is 0 Å². The Hall–Kier alpha value is -0.380. The van der Waals surface area contributed by atoms with Crippen LogP contribution >= 0.6 is 0 Å². The first kappa shape index (κ1) is 9.62. The van der Waals surface area contributed by atoms with Crippen molar-refractivity contribution < 1.29 is 9.94 Å². The van der Waals surface area contributed by atoms with E-state index in [1.165, 1.54) is 0 Å². The zero-order valence-corrected chi connectivity index (χ0v) is 6.34. The third-order valence-corrected chi connectivity index (χ3v) is 0.998. The molecule has 3 heteroatoms. The molecule has 3 nitrogen and oxygen atoms in total. The van der Waals surface area contributed by atoms with Gasteiger partial charge in [0.15, 0.2) is 0 Å². The maximum absolute atomic E-state index is 8.08. The number of ether oxygens (including phenoxy) is 1. The molecule has 0 spiro atoms. The average Bonchev–Trinajstić information content (AvgIpc) is 1.97. The molecule has 2 N–H and O–H groups in total. The Morgan fingerprint density at radius 3 is 2.90 bits per heavy atom. The van der Waals surface area contributed by atoms with Crippen molar-refractivity contribution in [3.63, 3.8) is 0 Å². The molecule has 0 bridgehead atoms. The average molecular weight is 145 g/mol. The van der Waals surface area contributed by atoms with Crippen LogP contribution in [-0.2, 0) is 4.74 Å². The smallest absolute Gasteiger partial charge is 0.119 e. The van der Waals surface area contributed by atoms with E-state index in [9.17, 15) is 0 Å². The Kier molecular flexibility index (Phi) is 8.29. The normalized spacial score (nSPS) is 11.0. The Bertz CT molecular complexity index is 83.7. The van der Waals surface area contributed by atoms with Crippen LogP contribution in [0.15, 0.2) is 12.2 Å². The second-order valence-electron chi connectivity index (χ2n) is 1.88. The van der Waals surface area contributed by atoms with Crippen LogP contribution in [0.1, 0.15) is 19.8 Å². The van der Waals surface area contributed by atoms with Gasteiger partial charge >= 0.3 is 0 Å². The summed E-state index contributed by atoms with van der Waals surface area (Å²) < 4.78 is 4.92. The van der Waals surface area contributed by atoms with Gasteiger partial charge in [-0.25, -0.2) is 0 Å². The highest BCUT2D eigenvalue weighted by atomic mass is 16.6. The Morgan fingerprint density at radius 1 is 1.50 bits per heavy atom. The van der Waals surface area contributed by atoms with Crippen LogP contribution in [0, 0.1) is 0 Å². The third-order valence-electron chi connectivity index (χ3n) is 0.998. The van der Waals surface area contributed by atoms with Crippen molar-refractivity contribution in [3.05, 3.63) is 12.2 Å². The van der Waals surface area contributed by atoms with Gasteiger partial charge in [0.25, 0.3) is 0 Å². The van der Waals surface area contributed by atoms with Crippen LogP contribution in [0.25, 0.3) is 0 Å². The van der Waals surface area contributed by atoms with Crippen LogP contribution < -0.4 is 5.48 Å². The number of rotatable bonds is 6. The van der Waals surface area contributed by atoms with Crippen LogP contribution in [0.2, 0.25) is 0 Å². The van der Waals surface area contributed by atoms with E-state index in [2.05, 4.69) is 19.1 Å². The highest BCUT2D eigenvalue weighted by molar-refractivity contribution is 4.79. The van der Waals surface area contributed by atoms with Crippen molar-refractivity contribution >= 4 is 0 Å². The second kappa shape index (κ2) is 8.62. The molecule has 0 unspecified atom stereocenters. The molecular weight excluding hydrogens is 130 g/mol. The fraction of sp³-hybridized carbons (Fsp3) is 0.714. The fourth-order valence-corrected chi connectivity index (χ4v) is 0.554. The lowest BCUT2D eigenvalue weighted by atomic mass is 10.3. The molecule has 0 saturated carbocycles. The summed E-state index contributed by atoms with van der Waals surface area (Å²) in [5.74, 6) is 0. The monoisotopic (exact) mass is 145 g/mol. The molecule has 0 aliphatic rings. The Balaban J connectivity index is 2.83. The maximum atomic E-state index is 8.08. The quantitative estimate of drug-likeness (QED) is 0.256. The topological polar surface area (TPSA) is 41.5 Å². The Morgan fingerprint density at radius 2 is 2.30 bits per heavy atom. The number of allylic oxidation sites excluding steroid dienone is 1. The van der Waals surface area contributed by atoms with E-state index in [-0.39, 0.29) is 6.73 Å². The van der Waals surface area contributed by atoms with Gasteiger partial charge in [-0.3, -0.25) is 0 Å². The highest BCUT2D eigenvalue weighted by Gasteiger charge is 1.80. The standard InChI is InChI=1S/C7H15NO2/c1-2-3-4-5-6-10-7-8-9/h3-4,8-9H,2,5-7H2,1H3/b4-3+. The van der Waals surface area contributed by atoms with Crippen LogP contribution in [0.3, 0.4) is 0 Å². The van der Waals surface area contributed by atoms with E-state index in [1.807, 2.05) is 5.48 Å². The summed E-state index contributed by atoms with van der Waals surface area (Å²) in [6.45, 7) is 2.96. The van der Waals surface area contributed by atoms with Crippen LogP contribution in [-0.4, -0.2) is 18.5 Å². The van der Waals surface area contributed by atoms with E-state index >= 15 is 0 Å². The van der Waals surface area contributed by atoms with Gasteiger partial charge in [-0.05, 0) is 12.8 Å². The van der Waals surface area contributed by atoms with E-state index in [0.717, 1.165) is 12.8 Å². The third kappa shape index (κ3) is 7.62. The molecular formula is C7H15NO2. The number of hydrogen-bond donors (Lipinski definition) is 2. The van der Waals surface area contributed by atoms with Crippen molar-refractivity contribution in [2.45, 2.75) is 19.8 Å². The van der Waals surface area contributed by atoms with Gasteiger partial charge in [-0.15, -0.1) is 0 Å².